The molecule has 0 aromatic carbocycles. The number of pyridine rings is 2. The summed E-state index contributed by atoms with van der Waals surface area (Å²) in [6, 6.07) is 9.79. The number of piperidine rings is 1. The number of nitrogens with one attached hydrogen (secondary N) is 1. The van der Waals surface area contributed by atoms with Crippen LogP contribution in [0.15, 0.2) is 35.3 Å². The summed E-state index contributed by atoms with van der Waals surface area (Å²) in [5.74, 6) is 1.97. The van der Waals surface area contributed by atoms with Gasteiger partial charge in [-0.2, -0.15) is 5.26 Å². The molecule has 32 heavy (non-hydrogen) atoms. The van der Waals surface area contributed by atoms with Crippen LogP contribution < -0.4 is 15.9 Å². The summed E-state index contributed by atoms with van der Waals surface area (Å²) in [4.78, 5) is 24.3. The summed E-state index contributed by atoms with van der Waals surface area (Å²) in [6.07, 6.45) is 3.88. The Kier molecular flexibility index (Phi) is 5.92. The largest absolute Gasteiger partial charge is 0.369 e. The van der Waals surface area contributed by atoms with Crippen LogP contribution in [0.3, 0.4) is 0 Å². The van der Waals surface area contributed by atoms with Gasteiger partial charge < -0.3 is 10.2 Å². The van der Waals surface area contributed by atoms with Gasteiger partial charge in [0, 0.05) is 39.4 Å². The molecule has 3 aromatic rings. The number of imidazole rings is 1. The first kappa shape index (κ1) is 21.9. The second-order valence-corrected chi connectivity index (χ2v) is 9.85. The summed E-state index contributed by atoms with van der Waals surface area (Å²) in [7, 11) is 1.79. The first-order valence-electron chi connectivity index (χ1n) is 11.2. The second-order valence-electron chi connectivity index (χ2n) is 9.85. The molecule has 0 aliphatic carbocycles. The number of hydrogen-bond acceptors (Lipinski definition) is 6. The van der Waals surface area contributed by atoms with Crippen LogP contribution in [-0.2, 0) is 13.6 Å². The van der Waals surface area contributed by atoms with E-state index in [-0.39, 0.29) is 11.1 Å². The topological polar surface area (TPSA) is 91.8 Å². The molecule has 1 aliphatic rings. The third kappa shape index (κ3) is 4.47. The van der Waals surface area contributed by atoms with Crippen molar-refractivity contribution in [3.05, 3.63) is 46.5 Å². The summed E-state index contributed by atoms with van der Waals surface area (Å²) >= 11 is 0. The van der Waals surface area contributed by atoms with Gasteiger partial charge in [-0.15, -0.1) is 0 Å². The van der Waals surface area contributed by atoms with Crippen molar-refractivity contribution in [2.45, 2.75) is 40.2 Å². The molecule has 0 saturated carbocycles. The van der Waals surface area contributed by atoms with Gasteiger partial charge in [-0.3, -0.25) is 9.13 Å². The fraction of sp³-hybridized carbons (Fsp3) is 0.500. The molecule has 168 valence electrons. The van der Waals surface area contributed by atoms with Gasteiger partial charge in [0.1, 0.15) is 17.7 Å². The lowest BCUT2D eigenvalue weighted by atomic mass is 9.97. The zero-order valence-electron chi connectivity index (χ0n) is 19.3. The third-order valence-corrected chi connectivity index (χ3v) is 5.93. The Balaban J connectivity index is 1.52. The first-order chi connectivity index (χ1) is 15.3. The molecule has 0 radical (unpaired) electrons. The van der Waals surface area contributed by atoms with Gasteiger partial charge in [0.25, 0.3) is 0 Å². The SMILES string of the molecule is Cn1c(=O)n(CC(C)(C)C)c2ccc(N3CCCC(CNc4ncccc4C#N)C3)nc21. The highest BCUT2D eigenvalue weighted by Gasteiger charge is 2.23. The van der Waals surface area contributed by atoms with Crippen LogP contribution in [0.5, 0.6) is 0 Å². The van der Waals surface area contributed by atoms with Crippen molar-refractivity contribution in [2.24, 2.45) is 18.4 Å². The summed E-state index contributed by atoms with van der Waals surface area (Å²) in [5.41, 5.74) is 2.15. The highest BCUT2D eigenvalue weighted by molar-refractivity contribution is 5.74. The molecule has 1 unspecified atom stereocenters. The van der Waals surface area contributed by atoms with E-state index in [0.29, 0.717) is 23.8 Å². The van der Waals surface area contributed by atoms with E-state index in [4.69, 9.17) is 4.98 Å². The molecule has 0 spiro atoms. The Morgan fingerprint density at radius 1 is 1.28 bits per heavy atom. The molecule has 1 aliphatic heterocycles. The minimum Gasteiger partial charge on any atom is -0.369 e. The summed E-state index contributed by atoms with van der Waals surface area (Å²) < 4.78 is 3.48. The van der Waals surface area contributed by atoms with Crippen molar-refractivity contribution in [1.29, 1.82) is 5.26 Å². The van der Waals surface area contributed by atoms with E-state index in [1.165, 1.54) is 0 Å². The van der Waals surface area contributed by atoms with Crippen LogP contribution in [0.2, 0.25) is 0 Å². The number of fused-ring (bicyclic) bond motifs is 1. The van der Waals surface area contributed by atoms with Gasteiger partial charge in [0.2, 0.25) is 0 Å². The summed E-state index contributed by atoms with van der Waals surface area (Å²) in [6.45, 7) is 9.62. The number of aryl methyl sites for hydroxylation is 1. The zero-order chi connectivity index (χ0) is 22.9. The van der Waals surface area contributed by atoms with E-state index in [1.54, 1.807) is 29.9 Å². The Bertz CT molecular complexity index is 1210. The van der Waals surface area contributed by atoms with Crippen LogP contribution in [0.4, 0.5) is 11.6 Å². The van der Waals surface area contributed by atoms with Crippen molar-refractivity contribution in [3.8, 4) is 6.07 Å². The van der Waals surface area contributed by atoms with Gasteiger partial charge in [0.05, 0.1) is 11.1 Å². The molecule has 8 heteroatoms. The lowest BCUT2D eigenvalue weighted by molar-refractivity contribution is 0.342. The average molecular weight is 434 g/mol. The maximum atomic E-state index is 12.8. The summed E-state index contributed by atoms with van der Waals surface area (Å²) in [5, 5.41) is 12.6. The molecule has 3 aromatic heterocycles. The smallest absolute Gasteiger partial charge is 0.330 e. The fourth-order valence-electron chi connectivity index (χ4n) is 4.38. The third-order valence-electron chi connectivity index (χ3n) is 5.93. The molecule has 1 saturated heterocycles. The number of nitrogens with zero attached hydrogens (tertiary/aromatic N) is 6. The monoisotopic (exact) mass is 433 g/mol. The molecule has 1 atom stereocenters. The molecule has 1 fully saturated rings. The number of hydrogen-bond donors (Lipinski definition) is 1. The standard InChI is InChI=1S/C24H31N7O/c1-24(2,3)16-31-19-9-10-20(28-22(19)29(4)23(31)32)30-12-6-7-17(15-30)14-27-21-18(13-25)8-5-11-26-21/h5,8-11,17H,6-7,12,14-16H2,1-4H3,(H,26,27). The van der Waals surface area contributed by atoms with Crippen LogP contribution in [0.25, 0.3) is 11.2 Å². The molecular formula is C24H31N7O. The van der Waals surface area contributed by atoms with E-state index in [1.807, 2.05) is 16.7 Å². The average Bonchev–Trinajstić information content (AvgIpc) is 3.01. The van der Waals surface area contributed by atoms with Gasteiger partial charge in [0.15, 0.2) is 5.65 Å². The van der Waals surface area contributed by atoms with Gasteiger partial charge >= 0.3 is 5.69 Å². The van der Waals surface area contributed by atoms with Crippen molar-refractivity contribution >= 4 is 22.8 Å². The maximum absolute atomic E-state index is 12.8. The molecular weight excluding hydrogens is 402 g/mol. The lowest BCUT2D eigenvalue weighted by Crippen LogP contribution is -2.38. The zero-order valence-corrected chi connectivity index (χ0v) is 19.3. The molecule has 0 amide bonds. The minimum atomic E-state index is -0.0241. The van der Waals surface area contributed by atoms with Crippen molar-refractivity contribution in [3.63, 3.8) is 0 Å². The van der Waals surface area contributed by atoms with E-state index in [0.717, 1.165) is 49.5 Å². The second kappa shape index (κ2) is 8.65. The number of aromatic nitrogens is 4. The Hall–Kier alpha value is -3.34. The maximum Gasteiger partial charge on any atom is 0.330 e. The van der Waals surface area contributed by atoms with Crippen molar-refractivity contribution < 1.29 is 0 Å². The Morgan fingerprint density at radius 2 is 2.09 bits per heavy atom. The fourth-order valence-corrected chi connectivity index (χ4v) is 4.38. The predicted octanol–water partition coefficient (Wildman–Crippen LogP) is 3.38. The Labute approximate surface area is 188 Å². The number of rotatable bonds is 5. The van der Waals surface area contributed by atoms with E-state index >= 15 is 0 Å². The molecule has 1 N–H and O–H groups in total. The molecule has 0 bridgehead atoms. The molecule has 8 nitrogen and oxygen atoms in total. The highest BCUT2D eigenvalue weighted by atomic mass is 16.1. The van der Waals surface area contributed by atoms with Gasteiger partial charge in [-0.05, 0) is 48.4 Å². The van der Waals surface area contributed by atoms with Crippen LogP contribution >= 0.6 is 0 Å². The van der Waals surface area contributed by atoms with Crippen LogP contribution in [0.1, 0.15) is 39.2 Å². The molecule has 4 heterocycles. The van der Waals surface area contributed by atoms with E-state index < -0.39 is 0 Å². The first-order valence-corrected chi connectivity index (χ1v) is 11.2. The lowest BCUT2D eigenvalue weighted by Gasteiger charge is -2.33. The van der Waals surface area contributed by atoms with Crippen molar-refractivity contribution in [2.75, 3.05) is 29.9 Å². The quantitative estimate of drug-likeness (QED) is 0.663. The van der Waals surface area contributed by atoms with E-state index in [2.05, 4.69) is 42.0 Å². The predicted molar refractivity (Wildman–Crippen MR) is 127 cm³/mol. The van der Waals surface area contributed by atoms with Gasteiger partial charge in [-0.1, -0.05) is 20.8 Å². The minimum absolute atomic E-state index is 0.00287. The van der Waals surface area contributed by atoms with Crippen LogP contribution in [-0.4, -0.2) is 38.7 Å². The molecule has 4 rings (SSSR count). The Morgan fingerprint density at radius 3 is 2.84 bits per heavy atom. The van der Waals surface area contributed by atoms with Crippen LogP contribution in [0, 0.1) is 22.7 Å². The number of anilines is 2. The number of nitriles is 1. The van der Waals surface area contributed by atoms with Crippen molar-refractivity contribution in [1.82, 2.24) is 19.1 Å². The normalized spacial score (nSPS) is 16.8. The van der Waals surface area contributed by atoms with Gasteiger partial charge in [-0.25, -0.2) is 14.8 Å². The highest BCUT2D eigenvalue weighted by Crippen LogP contribution is 2.25. The van der Waals surface area contributed by atoms with E-state index in [9.17, 15) is 10.1 Å².